The first kappa shape index (κ1) is 21.0. The molecule has 1 aliphatic rings. The van der Waals surface area contributed by atoms with Crippen molar-refractivity contribution in [3.8, 4) is 0 Å². The number of rotatable bonds is 6. The summed E-state index contributed by atoms with van der Waals surface area (Å²) in [5.74, 6) is -0.685. The number of anilines is 3. The van der Waals surface area contributed by atoms with Crippen LogP contribution in [0.5, 0.6) is 0 Å². The van der Waals surface area contributed by atoms with E-state index < -0.39 is 5.97 Å². The number of morpholine rings is 1. The number of esters is 1. The Labute approximate surface area is 174 Å². The van der Waals surface area contributed by atoms with E-state index in [0.717, 1.165) is 30.0 Å². The zero-order valence-electron chi connectivity index (χ0n) is 16.5. The molecule has 2 aromatic carbocycles. The van der Waals surface area contributed by atoms with E-state index in [4.69, 9.17) is 21.1 Å². The van der Waals surface area contributed by atoms with E-state index in [1.165, 1.54) is 7.11 Å². The molecule has 0 spiro atoms. The monoisotopic (exact) mass is 417 g/mol. The molecule has 1 amide bonds. The second kappa shape index (κ2) is 9.62. The summed E-state index contributed by atoms with van der Waals surface area (Å²) in [5.41, 5.74) is 3.57. The topological polar surface area (TPSA) is 79.9 Å². The molecule has 0 aromatic heterocycles. The van der Waals surface area contributed by atoms with E-state index in [0.29, 0.717) is 29.5 Å². The maximum atomic E-state index is 12.5. The molecule has 0 radical (unpaired) electrons. The van der Waals surface area contributed by atoms with Gasteiger partial charge in [-0.1, -0.05) is 17.7 Å². The Kier molecular flexibility index (Phi) is 6.95. The minimum atomic E-state index is -0.451. The number of carbonyl (C=O) groups is 2. The standard InChI is InChI=1S/C21H24ClN3O4/c1-14-3-4-15(21(27)28-2)11-17(14)24-20(26)13-23-18-12-16(22)5-6-19(18)25-7-9-29-10-8-25/h3-6,11-12,23H,7-10,13H2,1-2H3,(H,24,26). The van der Waals surface area contributed by atoms with E-state index >= 15 is 0 Å². The fourth-order valence-electron chi connectivity index (χ4n) is 3.10. The molecule has 1 aliphatic heterocycles. The summed E-state index contributed by atoms with van der Waals surface area (Å²) in [7, 11) is 1.32. The lowest BCUT2D eigenvalue weighted by Gasteiger charge is -2.30. The summed E-state index contributed by atoms with van der Waals surface area (Å²) < 4.78 is 10.1. The Morgan fingerprint density at radius 2 is 1.90 bits per heavy atom. The molecule has 8 heteroatoms. The van der Waals surface area contributed by atoms with Gasteiger partial charge in [0.15, 0.2) is 0 Å². The molecule has 7 nitrogen and oxygen atoms in total. The normalized spacial score (nSPS) is 13.7. The van der Waals surface area contributed by atoms with Gasteiger partial charge >= 0.3 is 5.97 Å². The van der Waals surface area contributed by atoms with E-state index in [2.05, 4.69) is 15.5 Å². The maximum Gasteiger partial charge on any atom is 0.337 e. The van der Waals surface area contributed by atoms with Crippen LogP contribution in [0.2, 0.25) is 5.02 Å². The van der Waals surface area contributed by atoms with Crippen molar-refractivity contribution < 1.29 is 19.1 Å². The predicted molar refractivity (Wildman–Crippen MR) is 114 cm³/mol. The summed E-state index contributed by atoms with van der Waals surface area (Å²) in [6.07, 6.45) is 0. The first-order chi connectivity index (χ1) is 14.0. The van der Waals surface area contributed by atoms with Gasteiger partial charge in [-0.2, -0.15) is 0 Å². The van der Waals surface area contributed by atoms with Crippen LogP contribution >= 0.6 is 11.6 Å². The van der Waals surface area contributed by atoms with E-state index in [-0.39, 0.29) is 12.5 Å². The minimum Gasteiger partial charge on any atom is -0.465 e. The zero-order valence-corrected chi connectivity index (χ0v) is 17.2. The Balaban J connectivity index is 1.68. The highest BCUT2D eigenvalue weighted by molar-refractivity contribution is 6.31. The lowest BCUT2D eigenvalue weighted by Crippen LogP contribution is -2.36. The van der Waals surface area contributed by atoms with Crippen LogP contribution in [-0.2, 0) is 14.3 Å². The molecule has 154 valence electrons. The van der Waals surface area contributed by atoms with E-state index in [9.17, 15) is 9.59 Å². The molecule has 2 N–H and O–H groups in total. The van der Waals surface area contributed by atoms with Crippen LogP contribution in [0.4, 0.5) is 17.1 Å². The third-order valence-electron chi connectivity index (χ3n) is 4.68. The minimum absolute atomic E-state index is 0.0551. The van der Waals surface area contributed by atoms with Crippen molar-refractivity contribution in [2.75, 3.05) is 55.5 Å². The second-order valence-electron chi connectivity index (χ2n) is 6.68. The Bertz CT molecular complexity index is 897. The quantitative estimate of drug-likeness (QED) is 0.702. The summed E-state index contributed by atoms with van der Waals surface area (Å²) in [6, 6.07) is 10.6. The number of amides is 1. The van der Waals surface area contributed by atoms with Gasteiger partial charge in [0.05, 0.1) is 43.8 Å². The number of carbonyl (C=O) groups excluding carboxylic acids is 2. The second-order valence-corrected chi connectivity index (χ2v) is 7.12. The fraction of sp³-hybridized carbons (Fsp3) is 0.333. The Morgan fingerprint density at radius 3 is 2.62 bits per heavy atom. The fourth-order valence-corrected chi connectivity index (χ4v) is 3.27. The van der Waals surface area contributed by atoms with Crippen molar-refractivity contribution in [1.29, 1.82) is 0 Å². The molecule has 0 saturated carbocycles. The zero-order chi connectivity index (χ0) is 20.8. The van der Waals surface area contributed by atoms with Crippen molar-refractivity contribution in [2.24, 2.45) is 0 Å². The Hall–Kier alpha value is -2.77. The van der Waals surface area contributed by atoms with Crippen LogP contribution in [0.25, 0.3) is 0 Å². The predicted octanol–water partition coefficient (Wildman–Crippen LogP) is 3.32. The smallest absolute Gasteiger partial charge is 0.337 e. The molecule has 0 aliphatic carbocycles. The number of benzene rings is 2. The third kappa shape index (κ3) is 5.40. The van der Waals surface area contributed by atoms with Crippen LogP contribution in [0.3, 0.4) is 0 Å². The SMILES string of the molecule is COC(=O)c1ccc(C)c(NC(=O)CNc2cc(Cl)ccc2N2CCOCC2)c1. The average Bonchev–Trinajstić information content (AvgIpc) is 2.74. The lowest BCUT2D eigenvalue weighted by molar-refractivity contribution is -0.114. The molecule has 0 bridgehead atoms. The van der Waals surface area contributed by atoms with Crippen molar-refractivity contribution >= 4 is 40.5 Å². The van der Waals surface area contributed by atoms with Gasteiger partial charge in [0, 0.05) is 23.8 Å². The van der Waals surface area contributed by atoms with Crippen LogP contribution in [0.1, 0.15) is 15.9 Å². The first-order valence-corrected chi connectivity index (χ1v) is 9.70. The molecular weight excluding hydrogens is 394 g/mol. The first-order valence-electron chi connectivity index (χ1n) is 9.33. The summed E-state index contributed by atoms with van der Waals surface area (Å²) in [4.78, 5) is 26.4. The molecule has 0 unspecified atom stereocenters. The molecule has 3 rings (SSSR count). The maximum absolute atomic E-state index is 12.5. The highest BCUT2D eigenvalue weighted by Crippen LogP contribution is 2.29. The largest absolute Gasteiger partial charge is 0.465 e. The summed E-state index contributed by atoms with van der Waals surface area (Å²) in [6.45, 7) is 4.80. The van der Waals surface area contributed by atoms with Gasteiger partial charge in [0.25, 0.3) is 0 Å². The van der Waals surface area contributed by atoms with Crippen molar-refractivity contribution in [3.05, 3.63) is 52.5 Å². The molecule has 1 saturated heterocycles. The van der Waals surface area contributed by atoms with Gasteiger partial charge in [-0.15, -0.1) is 0 Å². The van der Waals surface area contributed by atoms with Gasteiger partial charge < -0.3 is 25.0 Å². The number of halogens is 1. The number of hydrogen-bond donors (Lipinski definition) is 2. The van der Waals surface area contributed by atoms with Crippen LogP contribution in [-0.4, -0.2) is 51.8 Å². The number of ether oxygens (including phenoxy) is 2. The van der Waals surface area contributed by atoms with Crippen molar-refractivity contribution in [3.63, 3.8) is 0 Å². The number of aryl methyl sites for hydroxylation is 1. The van der Waals surface area contributed by atoms with Gasteiger partial charge in [0.2, 0.25) is 5.91 Å². The number of nitrogens with zero attached hydrogens (tertiary/aromatic N) is 1. The average molecular weight is 418 g/mol. The third-order valence-corrected chi connectivity index (χ3v) is 4.92. The van der Waals surface area contributed by atoms with Gasteiger partial charge in [-0.05, 0) is 42.8 Å². The van der Waals surface area contributed by atoms with E-state index in [1.807, 2.05) is 25.1 Å². The molecule has 1 fully saturated rings. The van der Waals surface area contributed by atoms with Crippen molar-refractivity contribution in [1.82, 2.24) is 0 Å². The summed E-state index contributed by atoms with van der Waals surface area (Å²) in [5, 5.41) is 6.60. The van der Waals surface area contributed by atoms with E-state index in [1.54, 1.807) is 18.2 Å². The lowest BCUT2D eigenvalue weighted by atomic mass is 10.1. The molecular formula is C21H24ClN3O4. The molecule has 0 atom stereocenters. The van der Waals surface area contributed by atoms with Gasteiger partial charge in [-0.3, -0.25) is 4.79 Å². The van der Waals surface area contributed by atoms with Crippen LogP contribution < -0.4 is 15.5 Å². The van der Waals surface area contributed by atoms with Crippen LogP contribution in [0, 0.1) is 6.92 Å². The number of nitrogens with one attached hydrogen (secondary N) is 2. The molecule has 2 aromatic rings. The molecule has 29 heavy (non-hydrogen) atoms. The Morgan fingerprint density at radius 1 is 1.14 bits per heavy atom. The van der Waals surface area contributed by atoms with Crippen LogP contribution in [0.15, 0.2) is 36.4 Å². The van der Waals surface area contributed by atoms with Crippen molar-refractivity contribution in [2.45, 2.75) is 6.92 Å². The molecule has 1 heterocycles. The van der Waals surface area contributed by atoms with Gasteiger partial charge in [-0.25, -0.2) is 4.79 Å². The highest BCUT2D eigenvalue weighted by atomic mass is 35.5. The number of hydrogen-bond acceptors (Lipinski definition) is 6. The number of methoxy groups -OCH3 is 1. The highest BCUT2D eigenvalue weighted by Gasteiger charge is 2.16. The van der Waals surface area contributed by atoms with Gasteiger partial charge in [0.1, 0.15) is 0 Å². The summed E-state index contributed by atoms with van der Waals surface area (Å²) >= 11 is 6.15.